The number of nitrogens with zero attached hydrogens (tertiary/aromatic N) is 4. The third kappa shape index (κ3) is 4.21. The number of rotatable bonds is 8. The highest BCUT2D eigenvalue weighted by Gasteiger charge is 2.34. The molecule has 0 radical (unpaired) electrons. The van der Waals surface area contributed by atoms with E-state index in [2.05, 4.69) is 47.2 Å². The van der Waals surface area contributed by atoms with E-state index in [1.54, 1.807) is 0 Å². The molecule has 1 aromatic carbocycles. The average molecular weight is 473 g/mol. The number of unbranched alkanes of at least 4 members (excludes halogenated alkanes) is 1. The van der Waals surface area contributed by atoms with Crippen LogP contribution in [-0.4, -0.2) is 30.6 Å². The van der Waals surface area contributed by atoms with Gasteiger partial charge in [0.05, 0.1) is 29.8 Å². The van der Waals surface area contributed by atoms with Crippen molar-refractivity contribution in [1.82, 2.24) is 19.6 Å². The maximum Gasteiger partial charge on any atom is 0.339 e. The number of aryl methyl sites for hydroxylation is 1. The maximum absolute atomic E-state index is 11.8. The van der Waals surface area contributed by atoms with Crippen molar-refractivity contribution in [3.8, 4) is 5.69 Å². The number of aromatic nitrogens is 4. The minimum Gasteiger partial charge on any atom is -0.478 e. The molecule has 0 aliphatic heterocycles. The molecular weight excluding hydrogens is 436 g/mol. The van der Waals surface area contributed by atoms with Crippen molar-refractivity contribution in [3.63, 3.8) is 0 Å². The van der Waals surface area contributed by atoms with Gasteiger partial charge in [0.2, 0.25) is 0 Å². The summed E-state index contributed by atoms with van der Waals surface area (Å²) in [5.74, 6) is 0.602. The molecule has 3 aliphatic carbocycles. The van der Waals surface area contributed by atoms with E-state index < -0.39 is 5.97 Å². The zero-order chi connectivity index (χ0) is 23.9. The molecule has 3 atom stereocenters. The van der Waals surface area contributed by atoms with E-state index in [-0.39, 0.29) is 0 Å². The topological polar surface area (TPSA) is 72.9 Å². The molecule has 3 aromatic rings. The number of fused-ring (bicyclic) bond motifs is 1. The quantitative estimate of drug-likeness (QED) is 0.393. The van der Waals surface area contributed by atoms with E-state index in [4.69, 9.17) is 5.10 Å². The second-order valence-electron chi connectivity index (χ2n) is 10.9. The Morgan fingerprint density at radius 2 is 1.94 bits per heavy atom. The van der Waals surface area contributed by atoms with Crippen LogP contribution in [0.2, 0.25) is 0 Å². The van der Waals surface area contributed by atoms with Crippen LogP contribution in [-0.2, 0) is 6.42 Å². The Labute approximate surface area is 207 Å². The molecule has 0 spiro atoms. The maximum atomic E-state index is 11.8. The summed E-state index contributed by atoms with van der Waals surface area (Å²) in [6.45, 7) is 2.28. The van der Waals surface area contributed by atoms with Gasteiger partial charge in [-0.15, -0.1) is 0 Å². The number of aromatic carboxylic acids is 1. The first-order chi connectivity index (χ1) is 17.1. The van der Waals surface area contributed by atoms with Crippen molar-refractivity contribution in [2.24, 2.45) is 0 Å². The summed E-state index contributed by atoms with van der Waals surface area (Å²) in [6.07, 6.45) is 16.8. The molecular formula is C29H36N4O2. The smallest absolute Gasteiger partial charge is 0.339 e. The zero-order valence-electron chi connectivity index (χ0n) is 20.7. The SMILES string of the molecule is CCCCC1CCc2cnn([C@H]3CCC[C@@H](c4cccc(-n5ncc(C(=O)O)c5C5CC5)c4)C3)c21. The molecule has 35 heavy (non-hydrogen) atoms. The molecule has 6 nitrogen and oxygen atoms in total. The van der Waals surface area contributed by atoms with E-state index in [1.807, 2.05) is 4.68 Å². The summed E-state index contributed by atoms with van der Waals surface area (Å²) in [6, 6.07) is 9.13. The Morgan fingerprint density at radius 3 is 2.74 bits per heavy atom. The summed E-state index contributed by atoms with van der Waals surface area (Å²) in [4.78, 5) is 11.8. The molecule has 3 aliphatic rings. The van der Waals surface area contributed by atoms with Gasteiger partial charge < -0.3 is 5.11 Å². The lowest BCUT2D eigenvalue weighted by Crippen LogP contribution is -2.21. The van der Waals surface area contributed by atoms with Crippen LogP contribution in [0.3, 0.4) is 0 Å². The highest BCUT2D eigenvalue weighted by atomic mass is 16.4. The Morgan fingerprint density at radius 1 is 1.06 bits per heavy atom. The predicted molar refractivity (Wildman–Crippen MR) is 136 cm³/mol. The van der Waals surface area contributed by atoms with Crippen LogP contribution in [0, 0.1) is 0 Å². The molecule has 2 heterocycles. The van der Waals surface area contributed by atoms with Gasteiger partial charge in [-0.1, -0.05) is 38.3 Å². The fraction of sp³-hybridized carbons (Fsp3) is 0.552. The van der Waals surface area contributed by atoms with E-state index in [0.717, 1.165) is 30.6 Å². The lowest BCUT2D eigenvalue weighted by atomic mass is 9.81. The number of carboxylic acids is 1. The minimum atomic E-state index is -0.881. The first kappa shape index (κ1) is 22.6. The standard InChI is InChI=1S/C29H36N4O2/c1-2-3-6-19-13-14-23-17-30-32(27(19)23)24-9-4-7-21(15-24)22-8-5-10-25(16-22)33-28(20-11-12-20)26(18-31-33)29(34)35/h5,8,10,16-21,24H,2-4,6-7,9,11-15H2,1H3,(H,34,35)/t19?,21-,24+/m1/s1. The third-order valence-electron chi connectivity index (χ3n) is 8.55. The highest BCUT2D eigenvalue weighted by Crippen LogP contribution is 2.45. The van der Waals surface area contributed by atoms with Gasteiger partial charge in [-0.3, -0.25) is 4.68 Å². The van der Waals surface area contributed by atoms with Crippen molar-refractivity contribution in [1.29, 1.82) is 0 Å². The summed E-state index contributed by atoms with van der Waals surface area (Å²) >= 11 is 0. The van der Waals surface area contributed by atoms with E-state index in [0.29, 0.717) is 29.4 Å². The average Bonchev–Trinajstić information content (AvgIpc) is 3.28. The van der Waals surface area contributed by atoms with Crippen LogP contribution >= 0.6 is 0 Å². The molecule has 184 valence electrons. The Hall–Kier alpha value is -2.89. The molecule has 6 heteroatoms. The summed E-state index contributed by atoms with van der Waals surface area (Å²) < 4.78 is 4.29. The van der Waals surface area contributed by atoms with Crippen LogP contribution < -0.4 is 0 Å². The second-order valence-corrected chi connectivity index (χ2v) is 10.9. The van der Waals surface area contributed by atoms with Crippen LogP contribution in [0.5, 0.6) is 0 Å². The molecule has 6 rings (SSSR count). The van der Waals surface area contributed by atoms with Gasteiger partial charge in [-0.05, 0) is 80.5 Å². The number of carboxylic acid groups (broad SMARTS) is 1. The summed E-state index contributed by atoms with van der Waals surface area (Å²) in [5, 5.41) is 19.1. The van der Waals surface area contributed by atoms with E-state index in [1.165, 1.54) is 74.4 Å². The van der Waals surface area contributed by atoms with Crippen LogP contribution in [0.25, 0.3) is 5.69 Å². The molecule has 0 amide bonds. The largest absolute Gasteiger partial charge is 0.478 e. The van der Waals surface area contributed by atoms with Crippen LogP contribution in [0.4, 0.5) is 0 Å². The minimum absolute atomic E-state index is 0.314. The summed E-state index contributed by atoms with van der Waals surface area (Å²) in [5.41, 5.74) is 6.55. The monoisotopic (exact) mass is 472 g/mol. The number of benzene rings is 1. The fourth-order valence-electron chi connectivity index (χ4n) is 6.62. The zero-order valence-corrected chi connectivity index (χ0v) is 20.7. The lowest BCUT2D eigenvalue weighted by molar-refractivity contribution is 0.0695. The second kappa shape index (κ2) is 9.29. The molecule has 2 saturated carbocycles. The van der Waals surface area contributed by atoms with Gasteiger partial charge in [-0.2, -0.15) is 10.2 Å². The lowest BCUT2D eigenvalue weighted by Gasteiger charge is -2.31. The number of carbonyl (C=O) groups is 1. The summed E-state index contributed by atoms with van der Waals surface area (Å²) in [7, 11) is 0. The Balaban J connectivity index is 1.26. The molecule has 0 saturated heterocycles. The Kier molecular flexibility index (Phi) is 5.99. The van der Waals surface area contributed by atoms with Gasteiger partial charge in [0.25, 0.3) is 0 Å². The van der Waals surface area contributed by atoms with Crippen molar-refractivity contribution in [2.45, 2.75) is 101 Å². The van der Waals surface area contributed by atoms with Crippen molar-refractivity contribution in [2.75, 3.05) is 0 Å². The normalized spacial score (nSPS) is 24.0. The molecule has 1 unspecified atom stereocenters. The van der Waals surface area contributed by atoms with Crippen molar-refractivity contribution >= 4 is 5.97 Å². The molecule has 2 fully saturated rings. The first-order valence-electron chi connectivity index (χ1n) is 13.6. The van der Waals surface area contributed by atoms with Gasteiger partial charge in [0, 0.05) is 17.5 Å². The van der Waals surface area contributed by atoms with E-state index >= 15 is 0 Å². The van der Waals surface area contributed by atoms with Crippen molar-refractivity contribution < 1.29 is 9.90 Å². The van der Waals surface area contributed by atoms with E-state index in [9.17, 15) is 9.90 Å². The van der Waals surface area contributed by atoms with Gasteiger partial charge in [0.1, 0.15) is 5.56 Å². The van der Waals surface area contributed by atoms with Crippen LogP contribution in [0.1, 0.15) is 128 Å². The third-order valence-corrected chi connectivity index (χ3v) is 8.55. The van der Waals surface area contributed by atoms with Gasteiger partial charge >= 0.3 is 5.97 Å². The van der Waals surface area contributed by atoms with Crippen molar-refractivity contribution in [3.05, 3.63) is 64.7 Å². The first-order valence-corrected chi connectivity index (χ1v) is 13.6. The predicted octanol–water partition coefficient (Wildman–Crippen LogP) is 6.76. The van der Waals surface area contributed by atoms with Gasteiger partial charge in [-0.25, -0.2) is 9.48 Å². The number of hydrogen-bond donors (Lipinski definition) is 1. The molecule has 1 N–H and O–H groups in total. The molecule has 0 bridgehead atoms. The Bertz CT molecular complexity index is 1220. The van der Waals surface area contributed by atoms with Crippen LogP contribution in [0.15, 0.2) is 36.7 Å². The molecule has 2 aromatic heterocycles. The number of hydrogen-bond acceptors (Lipinski definition) is 3. The highest BCUT2D eigenvalue weighted by molar-refractivity contribution is 5.89. The fourth-order valence-corrected chi connectivity index (χ4v) is 6.62. The van der Waals surface area contributed by atoms with Gasteiger partial charge in [0.15, 0.2) is 0 Å².